The van der Waals surface area contributed by atoms with E-state index in [-0.39, 0.29) is 38.2 Å². The van der Waals surface area contributed by atoms with Crippen molar-refractivity contribution in [2.45, 2.75) is 6.42 Å². The highest BCUT2D eigenvalue weighted by atomic mass is 16.3. The molecule has 0 saturated carbocycles. The van der Waals surface area contributed by atoms with Crippen LogP contribution in [0.4, 0.5) is 0 Å². The van der Waals surface area contributed by atoms with Crippen LogP contribution in [0.2, 0.25) is 0 Å². The Morgan fingerprint density at radius 2 is 0.980 bits per heavy atom. The van der Waals surface area contributed by atoms with E-state index in [1.54, 1.807) is 12.1 Å². The third-order valence-corrected chi connectivity index (χ3v) is 9.46. The van der Waals surface area contributed by atoms with Crippen LogP contribution in [-0.4, -0.2) is 0 Å². The summed E-state index contributed by atoms with van der Waals surface area (Å²) < 4.78 is 120. The van der Waals surface area contributed by atoms with E-state index in [9.17, 15) is 2.74 Å². The molecule has 0 atom stereocenters. The third kappa shape index (κ3) is 4.70. The van der Waals surface area contributed by atoms with Gasteiger partial charge < -0.3 is 4.42 Å². The molecule has 0 aliphatic carbocycles. The fourth-order valence-corrected chi connectivity index (χ4v) is 7.14. The first-order chi connectivity index (χ1) is 30.2. The summed E-state index contributed by atoms with van der Waals surface area (Å²) >= 11 is 0. The molecular weight excluding hydrogens is 605 g/mol. The molecule has 10 aromatic rings. The van der Waals surface area contributed by atoms with Crippen LogP contribution in [0.1, 0.15) is 28.9 Å². The average molecular weight is 650 g/mol. The van der Waals surface area contributed by atoms with Crippen molar-refractivity contribution in [3.05, 3.63) is 193 Å². The summed E-state index contributed by atoms with van der Waals surface area (Å²) in [5, 5.41) is 3.99. The predicted octanol–water partition coefficient (Wildman–Crippen LogP) is 13.6. The van der Waals surface area contributed by atoms with Gasteiger partial charge in [-0.25, -0.2) is 0 Å². The van der Waals surface area contributed by atoms with Gasteiger partial charge in [-0.2, -0.15) is 0 Å². The lowest BCUT2D eigenvalue weighted by molar-refractivity contribution is 0.669. The molecule has 234 valence electrons. The summed E-state index contributed by atoms with van der Waals surface area (Å²) in [4.78, 5) is 0. The van der Waals surface area contributed by atoms with Crippen LogP contribution in [0.3, 0.4) is 0 Å². The first kappa shape index (κ1) is 18.4. The molecule has 10 rings (SSSR count). The molecule has 0 bridgehead atoms. The predicted molar refractivity (Wildman–Crippen MR) is 212 cm³/mol. The normalized spacial score (nSPS) is 15.3. The molecule has 0 N–H and O–H groups in total. The van der Waals surface area contributed by atoms with Gasteiger partial charge >= 0.3 is 0 Å². The van der Waals surface area contributed by atoms with Gasteiger partial charge in [0, 0.05) is 10.8 Å². The van der Waals surface area contributed by atoms with Gasteiger partial charge in [-0.1, -0.05) is 157 Å². The van der Waals surface area contributed by atoms with Crippen molar-refractivity contribution in [3.63, 3.8) is 0 Å². The minimum atomic E-state index is -0.616. The summed E-state index contributed by atoms with van der Waals surface area (Å²) in [5.41, 5.74) is 5.52. The zero-order valence-electron chi connectivity index (χ0n) is 39.4. The Bertz CT molecular complexity index is 3520. The second-order valence-corrected chi connectivity index (χ2v) is 12.3. The van der Waals surface area contributed by atoms with Crippen molar-refractivity contribution in [2.24, 2.45) is 0 Å². The largest absolute Gasteiger partial charge is 0.456 e. The van der Waals surface area contributed by atoms with Crippen molar-refractivity contribution in [1.82, 2.24) is 0 Å². The molecule has 0 aliphatic heterocycles. The van der Waals surface area contributed by atoms with Gasteiger partial charge in [0.1, 0.15) is 11.2 Å². The van der Waals surface area contributed by atoms with Gasteiger partial charge in [0.05, 0.1) is 17.8 Å². The van der Waals surface area contributed by atoms with E-state index in [0.29, 0.717) is 11.1 Å². The molecule has 0 fully saturated rings. The topological polar surface area (TPSA) is 13.1 Å². The van der Waals surface area contributed by atoms with Crippen LogP contribution < -0.4 is 0 Å². The number of furan rings is 1. The number of hydrogen-bond donors (Lipinski definition) is 0. The Hall–Kier alpha value is -6.44. The Kier molecular flexibility index (Phi) is 4.26. The van der Waals surface area contributed by atoms with E-state index < -0.39 is 85.0 Å². The number of rotatable bonds is 5. The van der Waals surface area contributed by atoms with Crippen molar-refractivity contribution >= 4 is 54.3 Å². The van der Waals surface area contributed by atoms with Crippen LogP contribution in [0.5, 0.6) is 0 Å². The zero-order chi connectivity index (χ0) is 44.3. The second-order valence-electron chi connectivity index (χ2n) is 12.3. The average Bonchev–Trinajstić information content (AvgIpc) is 3.67. The summed E-state index contributed by atoms with van der Waals surface area (Å²) in [6, 6.07) is 26.6. The summed E-state index contributed by atoms with van der Waals surface area (Å²) in [6.45, 7) is 0. The zero-order valence-corrected chi connectivity index (χ0v) is 26.4. The van der Waals surface area contributed by atoms with Gasteiger partial charge in [-0.15, -0.1) is 0 Å². The molecule has 50 heavy (non-hydrogen) atoms. The summed E-state index contributed by atoms with van der Waals surface area (Å²) in [5.74, 6) is 0. The van der Waals surface area contributed by atoms with Gasteiger partial charge in [0.25, 0.3) is 0 Å². The van der Waals surface area contributed by atoms with Crippen molar-refractivity contribution < 1.29 is 22.2 Å². The van der Waals surface area contributed by atoms with Crippen LogP contribution in [-0.2, 0) is 6.42 Å². The van der Waals surface area contributed by atoms with E-state index in [2.05, 4.69) is 42.5 Å². The molecule has 0 saturated heterocycles. The van der Waals surface area contributed by atoms with Crippen molar-refractivity contribution in [3.8, 4) is 33.4 Å². The lowest BCUT2D eigenvalue weighted by Crippen LogP contribution is -1.95. The molecule has 0 amide bonds. The Labute approximate surface area is 308 Å². The van der Waals surface area contributed by atoms with E-state index in [1.807, 2.05) is 48.5 Å². The van der Waals surface area contributed by atoms with Crippen molar-refractivity contribution in [2.75, 3.05) is 0 Å². The molecular formula is C49H32O. The highest BCUT2D eigenvalue weighted by molar-refractivity contribution is 6.15. The first-order valence-corrected chi connectivity index (χ1v) is 16.2. The smallest absolute Gasteiger partial charge is 0.136 e. The highest BCUT2D eigenvalue weighted by Crippen LogP contribution is 2.41. The molecule has 1 aromatic heterocycles. The standard InChI is InChI=1S/C49H32O/c1-2-11-32(12-3-1)29-46-40-16-6-8-18-44(40)49(45-19-9-7-17-41(45)46)35-23-21-33(22-24-35)36-25-27-42-43-28-26-37(31-48(43)50-47(42)30-36)39-20-10-14-34-13-4-5-15-38(34)39/h1-28,30-31H,29H2/i1D,2D,3D,6D,7D,8D,9D,11D,12D,16D,17D,18D,19D. The monoisotopic (exact) mass is 649 g/mol. The van der Waals surface area contributed by atoms with Gasteiger partial charge in [0.15, 0.2) is 0 Å². The Morgan fingerprint density at radius 3 is 1.70 bits per heavy atom. The maximum atomic E-state index is 9.21. The van der Waals surface area contributed by atoms with Crippen LogP contribution in [0.15, 0.2) is 186 Å². The highest BCUT2D eigenvalue weighted by Gasteiger charge is 2.16. The summed E-state index contributed by atoms with van der Waals surface area (Å²) in [7, 11) is 0. The van der Waals surface area contributed by atoms with E-state index in [1.165, 1.54) is 0 Å². The van der Waals surface area contributed by atoms with Crippen molar-refractivity contribution in [1.29, 1.82) is 0 Å². The minimum Gasteiger partial charge on any atom is -0.456 e. The van der Waals surface area contributed by atoms with E-state index in [4.69, 9.17) is 19.5 Å². The molecule has 0 unspecified atom stereocenters. The quantitative estimate of drug-likeness (QED) is 0.169. The summed E-state index contributed by atoms with van der Waals surface area (Å²) in [6.07, 6.45) is -0.485. The maximum Gasteiger partial charge on any atom is 0.136 e. The lowest BCUT2D eigenvalue weighted by atomic mass is 9.86. The number of hydrogen-bond acceptors (Lipinski definition) is 1. The van der Waals surface area contributed by atoms with E-state index >= 15 is 0 Å². The molecule has 1 heteroatoms. The molecule has 9 aromatic carbocycles. The molecule has 0 spiro atoms. The molecule has 0 radical (unpaired) electrons. The SMILES string of the molecule is [2H]c1c([2H])c([2H])c(Cc2c3c([2H])c([2H])c([2H])c([2H])c3c(-c3ccc(-c4ccc5c(c4)oc4cc(-c6cccc7ccccc67)ccc45)cc3)c3c([2H])c([2H])c([2H])c([2H])c23)c([2H])c1[2H]. The number of fused-ring (bicyclic) bond motifs is 6. The van der Waals surface area contributed by atoms with E-state index in [0.717, 1.165) is 49.4 Å². The molecule has 1 nitrogen and oxygen atoms in total. The van der Waals surface area contributed by atoms with Crippen LogP contribution >= 0.6 is 0 Å². The van der Waals surface area contributed by atoms with Crippen LogP contribution in [0, 0.1) is 0 Å². The number of benzene rings is 9. The fourth-order valence-electron chi connectivity index (χ4n) is 7.14. The third-order valence-electron chi connectivity index (χ3n) is 9.46. The van der Waals surface area contributed by atoms with Gasteiger partial charge in [-0.3, -0.25) is 0 Å². The maximum absolute atomic E-state index is 9.21. The lowest BCUT2D eigenvalue weighted by Gasteiger charge is -2.18. The Morgan fingerprint density at radius 1 is 0.420 bits per heavy atom. The van der Waals surface area contributed by atoms with Crippen LogP contribution in [0.25, 0.3) is 87.6 Å². The van der Waals surface area contributed by atoms with Gasteiger partial charge in [0.2, 0.25) is 0 Å². The minimum absolute atomic E-state index is 0.0127. The second kappa shape index (κ2) is 11.6. The Balaban J connectivity index is 1.15. The molecule has 0 aliphatic rings. The molecule has 1 heterocycles. The van der Waals surface area contributed by atoms with Gasteiger partial charge in [-0.05, 0) is 108 Å². The first-order valence-electron chi connectivity index (χ1n) is 22.7. The fraction of sp³-hybridized carbons (Fsp3) is 0.0204.